The van der Waals surface area contributed by atoms with Crippen molar-refractivity contribution in [2.45, 2.75) is 19.8 Å². The zero-order chi connectivity index (χ0) is 18.9. The summed E-state index contributed by atoms with van der Waals surface area (Å²) in [6.45, 7) is 2.82. The van der Waals surface area contributed by atoms with Crippen molar-refractivity contribution in [3.8, 4) is 6.07 Å². The van der Waals surface area contributed by atoms with Gasteiger partial charge in [-0.25, -0.2) is 18.0 Å². The molecule has 0 spiro atoms. The van der Waals surface area contributed by atoms with Gasteiger partial charge in [-0.3, -0.25) is 0 Å². The molecule has 0 bridgehead atoms. The zero-order valence-corrected chi connectivity index (χ0v) is 13.9. The lowest BCUT2D eigenvalue weighted by atomic mass is 9.82. The Labute approximate surface area is 146 Å². The molecule has 1 aromatic carbocycles. The van der Waals surface area contributed by atoms with Crippen LogP contribution >= 0.6 is 11.6 Å². The molecular weight excluding hydrogens is 361 g/mol. The van der Waals surface area contributed by atoms with Crippen molar-refractivity contribution in [3.63, 3.8) is 0 Å². The molecule has 132 valence electrons. The summed E-state index contributed by atoms with van der Waals surface area (Å²) in [5, 5.41) is 8.35. The van der Waals surface area contributed by atoms with Crippen LogP contribution in [-0.4, -0.2) is 12.6 Å². The highest BCUT2D eigenvalue weighted by atomic mass is 35.5. The van der Waals surface area contributed by atoms with Gasteiger partial charge in [0.15, 0.2) is 5.82 Å². The molecule has 1 atom stereocenters. The molecule has 0 saturated heterocycles. The van der Waals surface area contributed by atoms with Gasteiger partial charge >= 0.3 is 5.97 Å². The van der Waals surface area contributed by atoms with Crippen LogP contribution in [0.5, 0.6) is 0 Å². The molecule has 1 aliphatic heterocycles. The minimum atomic E-state index is -1.59. The first-order valence-electron chi connectivity index (χ1n) is 7.02. The Morgan fingerprint density at radius 3 is 2.64 bits per heavy atom. The standard InChI is InChI=1S/C16H12ClF3N2O3/c1-3-24-16(23)10-6(2)25-15(22)7(5-21)11(10)12-8(18)4-9(19)13(17)14(12)20/h4,11H,3,22H2,1-2H3. The van der Waals surface area contributed by atoms with Gasteiger partial charge in [0.05, 0.1) is 18.1 Å². The van der Waals surface area contributed by atoms with Crippen molar-refractivity contribution >= 4 is 17.6 Å². The number of carbonyl (C=O) groups is 1. The second kappa shape index (κ2) is 7.07. The fourth-order valence-electron chi connectivity index (χ4n) is 2.49. The topological polar surface area (TPSA) is 85.3 Å². The molecule has 1 unspecified atom stereocenters. The minimum Gasteiger partial charge on any atom is -0.463 e. The molecule has 0 saturated carbocycles. The Morgan fingerprint density at radius 2 is 2.08 bits per heavy atom. The summed E-state index contributed by atoms with van der Waals surface area (Å²) < 4.78 is 52.3. The third kappa shape index (κ3) is 3.15. The number of rotatable bonds is 3. The summed E-state index contributed by atoms with van der Waals surface area (Å²) in [5.74, 6) is -7.17. The third-order valence-electron chi connectivity index (χ3n) is 3.54. The van der Waals surface area contributed by atoms with E-state index >= 15 is 0 Å². The Hall–Kier alpha value is -2.66. The number of esters is 1. The highest BCUT2D eigenvalue weighted by molar-refractivity contribution is 6.31. The van der Waals surface area contributed by atoms with Crippen LogP contribution in [0.4, 0.5) is 13.2 Å². The van der Waals surface area contributed by atoms with Crippen molar-refractivity contribution in [2.75, 3.05) is 6.61 Å². The SMILES string of the molecule is CCOC(=O)C1=C(C)OC(N)=C(C#N)C1c1c(F)cc(F)c(Cl)c1F. The van der Waals surface area contributed by atoms with Crippen molar-refractivity contribution in [2.24, 2.45) is 5.73 Å². The molecule has 5 nitrogen and oxygen atoms in total. The van der Waals surface area contributed by atoms with Gasteiger partial charge in [-0.05, 0) is 13.8 Å². The first-order valence-corrected chi connectivity index (χ1v) is 7.40. The van der Waals surface area contributed by atoms with Gasteiger partial charge in [0, 0.05) is 11.6 Å². The molecule has 1 aromatic rings. The molecule has 25 heavy (non-hydrogen) atoms. The smallest absolute Gasteiger partial charge is 0.338 e. The van der Waals surface area contributed by atoms with Gasteiger partial charge in [0.25, 0.3) is 0 Å². The van der Waals surface area contributed by atoms with E-state index in [0.29, 0.717) is 6.07 Å². The van der Waals surface area contributed by atoms with Gasteiger partial charge in [0.2, 0.25) is 5.88 Å². The van der Waals surface area contributed by atoms with Crippen molar-refractivity contribution < 1.29 is 27.4 Å². The summed E-state index contributed by atoms with van der Waals surface area (Å²) in [6, 6.07) is 2.02. The fourth-order valence-corrected chi connectivity index (χ4v) is 2.64. The first kappa shape index (κ1) is 18.7. The molecule has 1 heterocycles. The van der Waals surface area contributed by atoms with E-state index in [2.05, 4.69) is 0 Å². The summed E-state index contributed by atoms with van der Waals surface area (Å²) in [6.07, 6.45) is 0. The van der Waals surface area contributed by atoms with E-state index in [1.165, 1.54) is 13.8 Å². The number of nitriles is 1. The number of benzene rings is 1. The predicted molar refractivity (Wildman–Crippen MR) is 81.3 cm³/mol. The van der Waals surface area contributed by atoms with Crippen LogP contribution < -0.4 is 5.73 Å². The number of ether oxygens (including phenoxy) is 2. The quantitative estimate of drug-likeness (QED) is 0.499. The molecule has 0 fully saturated rings. The monoisotopic (exact) mass is 372 g/mol. The lowest BCUT2D eigenvalue weighted by Gasteiger charge is -2.27. The van der Waals surface area contributed by atoms with Gasteiger partial charge in [-0.2, -0.15) is 5.26 Å². The maximum atomic E-state index is 14.5. The van der Waals surface area contributed by atoms with E-state index in [1.807, 2.05) is 0 Å². The summed E-state index contributed by atoms with van der Waals surface area (Å²) in [7, 11) is 0. The van der Waals surface area contributed by atoms with Crippen LogP contribution in [0.1, 0.15) is 25.3 Å². The van der Waals surface area contributed by atoms with Crippen LogP contribution in [0.2, 0.25) is 5.02 Å². The van der Waals surface area contributed by atoms with Gasteiger partial charge in [0.1, 0.15) is 34.1 Å². The number of hydrogen-bond acceptors (Lipinski definition) is 5. The zero-order valence-electron chi connectivity index (χ0n) is 13.1. The molecule has 1 aliphatic rings. The van der Waals surface area contributed by atoms with E-state index < -0.39 is 51.4 Å². The largest absolute Gasteiger partial charge is 0.463 e. The Balaban J connectivity index is 2.81. The van der Waals surface area contributed by atoms with Gasteiger partial charge in [-0.15, -0.1) is 0 Å². The molecule has 2 rings (SSSR count). The number of nitrogens with zero attached hydrogens (tertiary/aromatic N) is 1. The number of hydrogen-bond donors (Lipinski definition) is 1. The van der Waals surface area contributed by atoms with Gasteiger partial charge < -0.3 is 15.2 Å². The third-order valence-corrected chi connectivity index (χ3v) is 3.89. The van der Waals surface area contributed by atoms with Crippen LogP contribution in [-0.2, 0) is 14.3 Å². The Kier molecular flexibility index (Phi) is 5.28. The van der Waals surface area contributed by atoms with Crippen LogP contribution in [0.3, 0.4) is 0 Å². The summed E-state index contributed by atoms with van der Waals surface area (Å²) in [4.78, 5) is 12.3. The van der Waals surface area contributed by atoms with E-state index in [-0.39, 0.29) is 17.9 Å². The lowest BCUT2D eigenvalue weighted by molar-refractivity contribution is -0.139. The molecule has 2 N–H and O–H groups in total. The fraction of sp³-hybridized carbons (Fsp3) is 0.250. The van der Waals surface area contributed by atoms with Crippen LogP contribution in [0, 0.1) is 28.8 Å². The number of halogens is 4. The van der Waals surface area contributed by atoms with Crippen LogP contribution in [0.15, 0.2) is 28.9 Å². The Morgan fingerprint density at radius 1 is 1.44 bits per heavy atom. The highest BCUT2D eigenvalue weighted by Gasteiger charge is 2.40. The number of nitrogens with two attached hydrogens (primary N) is 1. The average molecular weight is 373 g/mol. The van der Waals surface area contributed by atoms with E-state index in [9.17, 15) is 23.2 Å². The van der Waals surface area contributed by atoms with Crippen molar-refractivity contribution in [1.82, 2.24) is 0 Å². The second-order valence-corrected chi connectivity index (χ2v) is 5.37. The van der Waals surface area contributed by atoms with E-state index in [0.717, 1.165) is 0 Å². The Bertz CT molecular complexity index is 859. The maximum absolute atomic E-state index is 14.5. The van der Waals surface area contributed by atoms with Crippen LogP contribution in [0.25, 0.3) is 0 Å². The van der Waals surface area contributed by atoms with Crippen molar-refractivity contribution in [1.29, 1.82) is 5.26 Å². The van der Waals surface area contributed by atoms with Crippen molar-refractivity contribution in [3.05, 3.63) is 56.9 Å². The van der Waals surface area contributed by atoms with E-state index in [4.69, 9.17) is 26.8 Å². The molecule has 0 aromatic heterocycles. The maximum Gasteiger partial charge on any atom is 0.338 e. The summed E-state index contributed by atoms with van der Waals surface area (Å²) in [5.41, 5.74) is 4.07. The normalized spacial score (nSPS) is 17.2. The highest BCUT2D eigenvalue weighted by Crippen LogP contribution is 2.43. The first-order chi connectivity index (χ1) is 11.7. The van der Waals surface area contributed by atoms with Gasteiger partial charge in [-0.1, -0.05) is 11.6 Å². The number of allylic oxidation sites excluding steroid dienone is 2. The second-order valence-electron chi connectivity index (χ2n) is 5.00. The number of carbonyl (C=O) groups excluding carboxylic acids is 1. The predicted octanol–water partition coefficient (Wildman–Crippen LogP) is 3.40. The van der Waals surface area contributed by atoms with E-state index in [1.54, 1.807) is 6.07 Å². The molecule has 9 heteroatoms. The lowest BCUT2D eigenvalue weighted by Crippen LogP contribution is -2.27. The molecule has 0 radical (unpaired) electrons. The minimum absolute atomic E-state index is 0.0292. The molecule has 0 aliphatic carbocycles. The summed E-state index contributed by atoms with van der Waals surface area (Å²) >= 11 is 5.52. The molecular formula is C16H12ClF3N2O3. The molecule has 0 amide bonds. The average Bonchev–Trinajstić information content (AvgIpc) is 2.53.